The van der Waals surface area contributed by atoms with E-state index in [0.29, 0.717) is 16.8 Å². The van der Waals surface area contributed by atoms with Crippen molar-refractivity contribution in [3.05, 3.63) is 67.5 Å². The van der Waals surface area contributed by atoms with Crippen molar-refractivity contribution in [2.24, 2.45) is 5.92 Å². The minimum Gasteiger partial charge on any atom is -0.347 e. The molecule has 0 saturated heterocycles. The second kappa shape index (κ2) is 7.52. The fraction of sp³-hybridized carbons (Fsp3) is 0.350. The molecule has 4 rings (SSSR count). The highest BCUT2D eigenvalue weighted by Gasteiger charge is 2.28. The number of hydrogen-bond donors (Lipinski definition) is 2. The zero-order chi connectivity index (χ0) is 18.8. The summed E-state index contributed by atoms with van der Waals surface area (Å²) >= 11 is 1.62. The summed E-state index contributed by atoms with van der Waals surface area (Å²) in [4.78, 5) is 41.4. The Morgan fingerprint density at radius 1 is 1.19 bits per heavy atom. The van der Waals surface area contributed by atoms with Crippen LogP contribution in [0.1, 0.15) is 36.6 Å². The van der Waals surface area contributed by atoms with Gasteiger partial charge in [0, 0.05) is 4.88 Å². The van der Waals surface area contributed by atoms with Crippen molar-refractivity contribution in [1.29, 1.82) is 0 Å². The van der Waals surface area contributed by atoms with E-state index in [4.69, 9.17) is 0 Å². The number of thiophene rings is 1. The summed E-state index contributed by atoms with van der Waals surface area (Å²) in [6.07, 6.45) is 4.51. The number of nitrogens with zero attached hydrogens (tertiary/aromatic N) is 1. The maximum Gasteiger partial charge on any atom is 0.329 e. The van der Waals surface area contributed by atoms with Gasteiger partial charge in [0.2, 0.25) is 5.91 Å². The van der Waals surface area contributed by atoms with Crippen LogP contribution in [0.2, 0.25) is 0 Å². The van der Waals surface area contributed by atoms with Gasteiger partial charge in [-0.3, -0.25) is 14.2 Å². The molecule has 1 aliphatic carbocycles. The monoisotopic (exact) mass is 383 g/mol. The van der Waals surface area contributed by atoms with Gasteiger partial charge in [-0.2, -0.15) is 0 Å². The summed E-state index contributed by atoms with van der Waals surface area (Å²) in [6, 6.07) is 10.8. The van der Waals surface area contributed by atoms with Crippen LogP contribution in [0.5, 0.6) is 0 Å². The van der Waals surface area contributed by atoms with Gasteiger partial charge in [-0.15, -0.1) is 11.3 Å². The van der Waals surface area contributed by atoms with Crippen molar-refractivity contribution in [3.8, 4) is 0 Å². The highest BCUT2D eigenvalue weighted by molar-refractivity contribution is 7.10. The minimum absolute atomic E-state index is 0.0600. The van der Waals surface area contributed by atoms with Crippen molar-refractivity contribution < 1.29 is 4.79 Å². The van der Waals surface area contributed by atoms with Gasteiger partial charge in [-0.25, -0.2) is 4.79 Å². The molecule has 2 aromatic heterocycles. The van der Waals surface area contributed by atoms with E-state index in [0.717, 1.165) is 22.3 Å². The van der Waals surface area contributed by atoms with Crippen LogP contribution in [-0.2, 0) is 11.3 Å². The largest absolute Gasteiger partial charge is 0.347 e. The van der Waals surface area contributed by atoms with E-state index in [1.165, 1.54) is 12.8 Å². The summed E-state index contributed by atoms with van der Waals surface area (Å²) in [5, 5.41) is 5.47. The molecular weight excluding hydrogens is 362 g/mol. The quantitative estimate of drug-likeness (QED) is 0.711. The molecule has 0 aliphatic heterocycles. The molecule has 2 N–H and O–H groups in total. The van der Waals surface area contributed by atoms with Crippen molar-refractivity contribution in [2.45, 2.75) is 38.3 Å². The first-order valence-corrected chi connectivity index (χ1v) is 10.1. The number of carbonyl (C=O) groups excluding carboxylic acids is 1. The van der Waals surface area contributed by atoms with Crippen molar-refractivity contribution >= 4 is 28.1 Å². The number of carbonyl (C=O) groups is 1. The number of rotatable bonds is 5. The Balaban J connectivity index is 1.59. The third-order valence-electron chi connectivity index (χ3n) is 5.23. The van der Waals surface area contributed by atoms with Crippen LogP contribution in [0.4, 0.5) is 0 Å². The highest BCUT2D eigenvalue weighted by Crippen LogP contribution is 2.37. The van der Waals surface area contributed by atoms with Gasteiger partial charge in [0.05, 0.1) is 16.9 Å². The standard InChI is InChI=1S/C20H21N3O3S/c24-17(22-18(13-6-1-2-7-13)16-10-5-11-27-16)12-23-19(25)14-8-3-4-9-15(14)21-20(23)26/h3-5,8-11,13,18H,1-2,6-7,12H2,(H,21,26)(H,22,24). The number of nitrogens with one attached hydrogen (secondary N) is 2. The fourth-order valence-electron chi connectivity index (χ4n) is 3.89. The second-order valence-corrected chi connectivity index (χ2v) is 7.95. The van der Waals surface area contributed by atoms with E-state index in [9.17, 15) is 14.4 Å². The predicted molar refractivity (Wildman–Crippen MR) is 106 cm³/mol. The Labute approximate surface area is 159 Å². The topological polar surface area (TPSA) is 84.0 Å². The van der Waals surface area contributed by atoms with Gasteiger partial charge in [0.1, 0.15) is 6.54 Å². The predicted octanol–water partition coefficient (Wildman–Crippen LogP) is 2.80. The van der Waals surface area contributed by atoms with Crippen LogP contribution >= 0.6 is 11.3 Å². The summed E-state index contributed by atoms with van der Waals surface area (Å²) in [7, 11) is 0. The molecule has 1 saturated carbocycles. The van der Waals surface area contributed by atoms with Crippen molar-refractivity contribution in [3.63, 3.8) is 0 Å². The van der Waals surface area contributed by atoms with E-state index in [1.54, 1.807) is 35.6 Å². The summed E-state index contributed by atoms with van der Waals surface area (Å²) < 4.78 is 0.970. The van der Waals surface area contributed by atoms with Gasteiger partial charge in [0.25, 0.3) is 5.56 Å². The molecule has 0 spiro atoms. The van der Waals surface area contributed by atoms with Gasteiger partial charge >= 0.3 is 5.69 Å². The average molecular weight is 383 g/mol. The maximum absolute atomic E-state index is 12.7. The smallest absolute Gasteiger partial charge is 0.329 e. The third kappa shape index (κ3) is 3.60. The molecule has 1 unspecified atom stereocenters. The SMILES string of the molecule is O=C(Cn1c(=O)[nH]c2ccccc2c1=O)NC(c1cccs1)C1CCCC1. The summed E-state index contributed by atoms with van der Waals surface area (Å²) in [6.45, 7) is -0.284. The van der Waals surface area contributed by atoms with Crippen LogP contribution in [0.15, 0.2) is 51.4 Å². The zero-order valence-electron chi connectivity index (χ0n) is 14.8. The lowest BCUT2D eigenvalue weighted by molar-refractivity contribution is -0.122. The summed E-state index contributed by atoms with van der Waals surface area (Å²) in [5.74, 6) is 0.0855. The van der Waals surface area contributed by atoms with Gasteiger partial charge in [-0.1, -0.05) is 31.0 Å². The zero-order valence-corrected chi connectivity index (χ0v) is 15.6. The fourth-order valence-corrected chi connectivity index (χ4v) is 4.75. The molecule has 2 heterocycles. The number of aromatic amines is 1. The molecule has 7 heteroatoms. The van der Waals surface area contributed by atoms with E-state index < -0.39 is 11.2 Å². The first-order chi connectivity index (χ1) is 13.1. The number of benzene rings is 1. The Morgan fingerprint density at radius 3 is 2.70 bits per heavy atom. The molecule has 1 amide bonds. The summed E-state index contributed by atoms with van der Waals surface area (Å²) in [5.41, 5.74) is -0.535. The second-order valence-electron chi connectivity index (χ2n) is 6.97. The number of hydrogen-bond acceptors (Lipinski definition) is 4. The molecule has 1 aromatic carbocycles. The number of fused-ring (bicyclic) bond motifs is 1. The molecule has 6 nitrogen and oxygen atoms in total. The Hall–Kier alpha value is -2.67. The number of H-pyrrole nitrogens is 1. The molecule has 1 fully saturated rings. The number of amides is 1. The Bertz CT molecular complexity index is 1060. The third-order valence-corrected chi connectivity index (χ3v) is 6.18. The van der Waals surface area contributed by atoms with Crippen LogP contribution in [0.25, 0.3) is 10.9 Å². The highest BCUT2D eigenvalue weighted by atomic mass is 32.1. The van der Waals surface area contributed by atoms with E-state index in [2.05, 4.69) is 10.3 Å². The first-order valence-electron chi connectivity index (χ1n) is 9.18. The molecule has 0 radical (unpaired) electrons. The first kappa shape index (κ1) is 17.7. The molecule has 140 valence electrons. The van der Waals surface area contributed by atoms with E-state index >= 15 is 0 Å². The molecule has 0 bridgehead atoms. The number of para-hydroxylation sites is 1. The van der Waals surface area contributed by atoms with Gasteiger partial charge in [0.15, 0.2) is 0 Å². The van der Waals surface area contributed by atoms with E-state index in [-0.39, 0.29) is 18.5 Å². The van der Waals surface area contributed by atoms with Crippen LogP contribution in [0.3, 0.4) is 0 Å². The minimum atomic E-state index is -0.567. The molecule has 27 heavy (non-hydrogen) atoms. The lowest BCUT2D eigenvalue weighted by atomic mass is 9.96. The van der Waals surface area contributed by atoms with Crippen molar-refractivity contribution in [2.75, 3.05) is 0 Å². The lowest BCUT2D eigenvalue weighted by Crippen LogP contribution is -2.42. The Kier molecular flexibility index (Phi) is 4.94. The molecule has 1 aliphatic rings. The maximum atomic E-state index is 12.7. The van der Waals surface area contributed by atoms with Gasteiger partial charge in [-0.05, 0) is 42.3 Å². The van der Waals surface area contributed by atoms with E-state index in [1.807, 2.05) is 17.5 Å². The van der Waals surface area contributed by atoms with Crippen LogP contribution in [0, 0.1) is 5.92 Å². The normalized spacial score (nSPS) is 15.9. The average Bonchev–Trinajstić information content (AvgIpc) is 3.37. The number of aromatic nitrogens is 2. The van der Waals surface area contributed by atoms with Crippen LogP contribution in [-0.4, -0.2) is 15.5 Å². The Morgan fingerprint density at radius 2 is 1.96 bits per heavy atom. The molecule has 3 aromatic rings. The van der Waals surface area contributed by atoms with Crippen LogP contribution < -0.4 is 16.6 Å². The molecular formula is C20H21N3O3S. The molecule has 1 atom stereocenters. The van der Waals surface area contributed by atoms with Crippen molar-refractivity contribution in [1.82, 2.24) is 14.9 Å². The van der Waals surface area contributed by atoms with Gasteiger partial charge < -0.3 is 10.3 Å². The lowest BCUT2D eigenvalue weighted by Gasteiger charge is -2.24.